The lowest BCUT2D eigenvalue weighted by molar-refractivity contribution is -0.124. The zero-order valence-corrected chi connectivity index (χ0v) is 16.4. The Hall–Kier alpha value is -3.02. The first-order valence-electron chi connectivity index (χ1n) is 9.70. The number of nitrogens with zero attached hydrogens (tertiary/aromatic N) is 1. The number of piperidine rings is 1. The van der Waals surface area contributed by atoms with Gasteiger partial charge in [-0.25, -0.2) is 4.79 Å². The topological polar surface area (TPSA) is 70.7 Å². The molecule has 0 atom stereocenters. The quantitative estimate of drug-likeness (QED) is 0.813. The maximum Gasteiger partial charge on any atom is 0.321 e. The number of amides is 3. The Morgan fingerprint density at radius 3 is 2.36 bits per heavy atom. The van der Waals surface area contributed by atoms with E-state index in [2.05, 4.69) is 10.6 Å². The van der Waals surface area contributed by atoms with Gasteiger partial charge in [-0.15, -0.1) is 0 Å². The molecule has 2 aromatic carbocycles. The molecule has 148 valence electrons. The van der Waals surface area contributed by atoms with Crippen molar-refractivity contribution < 1.29 is 14.3 Å². The highest BCUT2D eigenvalue weighted by Crippen LogP contribution is 2.24. The van der Waals surface area contributed by atoms with Crippen LogP contribution in [0.4, 0.5) is 10.5 Å². The van der Waals surface area contributed by atoms with E-state index in [0.29, 0.717) is 24.5 Å². The number of anilines is 1. The molecule has 0 saturated carbocycles. The highest BCUT2D eigenvalue weighted by Gasteiger charge is 2.24. The third kappa shape index (κ3) is 5.49. The Morgan fingerprint density at radius 2 is 1.68 bits per heavy atom. The van der Waals surface area contributed by atoms with Gasteiger partial charge in [0.05, 0.1) is 0 Å². The number of carbonyl (C=O) groups excluding carboxylic acids is 2. The van der Waals surface area contributed by atoms with Crippen molar-refractivity contribution in [1.82, 2.24) is 10.2 Å². The molecule has 3 amide bonds. The molecule has 0 aliphatic carbocycles. The summed E-state index contributed by atoms with van der Waals surface area (Å²) < 4.78 is 5.81. The molecule has 1 aliphatic rings. The van der Waals surface area contributed by atoms with E-state index in [1.807, 2.05) is 62.4 Å². The van der Waals surface area contributed by atoms with Crippen LogP contribution in [-0.2, 0) is 4.79 Å². The third-order valence-electron chi connectivity index (χ3n) is 4.72. The van der Waals surface area contributed by atoms with Crippen LogP contribution in [-0.4, -0.2) is 36.0 Å². The number of urea groups is 1. The Balaban J connectivity index is 1.51. The Bertz CT molecular complexity index is 800. The SMILES string of the molecule is CC(C)C(=O)NC1CCN(C(=O)Nc2cccc(Oc3ccccc3)c2)CC1. The standard InChI is InChI=1S/C22H27N3O3/c1-16(2)21(26)23-17-11-13-25(14-12-17)22(27)24-18-7-6-10-20(15-18)28-19-8-4-3-5-9-19/h3-10,15-17H,11-14H2,1-2H3,(H,23,26)(H,24,27). The first kappa shape index (κ1) is 19.7. The average molecular weight is 381 g/mol. The molecule has 0 bridgehead atoms. The number of carbonyl (C=O) groups is 2. The fourth-order valence-electron chi connectivity index (χ4n) is 3.06. The van der Waals surface area contributed by atoms with Crippen molar-refractivity contribution in [3.8, 4) is 11.5 Å². The van der Waals surface area contributed by atoms with Crippen molar-refractivity contribution in [2.45, 2.75) is 32.7 Å². The molecule has 1 aliphatic heterocycles. The fraction of sp³-hybridized carbons (Fsp3) is 0.364. The van der Waals surface area contributed by atoms with Crippen molar-refractivity contribution in [3.63, 3.8) is 0 Å². The Labute approximate surface area is 165 Å². The van der Waals surface area contributed by atoms with Gasteiger partial charge in [0.15, 0.2) is 0 Å². The van der Waals surface area contributed by atoms with E-state index in [-0.39, 0.29) is 23.9 Å². The summed E-state index contributed by atoms with van der Waals surface area (Å²) >= 11 is 0. The minimum Gasteiger partial charge on any atom is -0.457 e. The fourth-order valence-corrected chi connectivity index (χ4v) is 3.06. The van der Waals surface area contributed by atoms with Crippen molar-refractivity contribution in [2.75, 3.05) is 18.4 Å². The number of ether oxygens (including phenoxy) is 1. The van der Waals surface area contributed by atoms with Gasteiger partial charge in [0.25, 0.3) is 0 Å². The van der Waals surface area contributed by atoms with Crippen molar-refractivity contribution in [2.24, 2.45) is 5.92 Å². The lowest BCUT2D eigenvalue weighted by Gasteiger charge is -2.32. The second kappa shape index (κ2) is 9.26. The largest absolute Gasteiger partial charge is 0.457 e. The van der Waals surface area contributed by atoms with E-state index < -0.39 is 0 Å². The van der Waals surface area contributed by atoms with Gasteiger partial charge in [-0.05, 0) is 37.1 Å². The van der Waals surface area contributed by atoms with Crippen LogP contribution in [0.25, 0.3) is 0 Å². The number of para-hydroxylation sites is 1. The predicted octanol–water partition coefficient (Wildman–Crippen LogP) is 4.25. The van der Waals surface area contributed by atoms with Crippen LogP contribution >= 0.6 is 0 Å². The van der Waals surface area contributed by atoms with E-state index in [1.165, 1.54) is 0 Å². The molecule has 3 rings (SSSR count). The number of hydrogen-bond acceptors (Lipinski definition) is 3. The number of likely N-dealkylation sites (tertiary alicyclic amines) is 1. The van der Waals surface area contributed by atoms with Crippen molar-refractivity contribution in [3.05, 3.63) is 54.6 Å². The van der Waals surface area contributed by atoms with Gasteiger partial charge in [0.2, 0.25) is 5.91 Å². The number of rotatable bonds is 5. The summed E-state index contributed by atoms with van der Waals surface area (Å²) in [5.41, 5.74) is 0.689. The molecule has 0 radical (unpaired) electrons. The summed E-state index contributed by atoms with van der Waals surface area (Å²) in [5.74, 6) is 1.46. The average Bonchev–Trinajstić information content (AvgIpc) is 2.69. The van der Waals surface area contributed by atoms with Crippen LogP contribution in [0, 0.1) is 5.92 Å². The van der Waals surface area contributed by atoms with Crippen LogP contribution in [0.5, 0.6) is 11.5 Å². The molecule has 28 heavy (non-hydrogen) atoms. The van der Waals surface area contributed by atoms with Gasteiger partial charge in [-0.3, -0.25) is 4.79 Å². The highest BCUT2D eigenvalue weighted by molar-refractivity contribution is 5.89. The zero-order valence-electron chi connectivity index (χ0n) is 16.4. The number of nitrogens with one attached hydrogen (secondary N) is 2. The summed E-state index contributed by atoms with van der Waals surface area (Å²) in [4.78, 5) is 26.2. The van der Waals surface area contributed by atoms with E-state index in [1.54, 1.807) is 11.0 Å². The van der Waals surface area contributed by atoms with Crippen molar-refractivity contribution in [1.29, 1.82) is 0 Å². The molecule has 1 saturated heterocycles. The second-order valence-corrected chi connectivity index (χ2v) is 7.30. The van der Waals surface area contributed by atoms with E-state index in [9.17, 15) is 9.59 Å². The maximum absolute atomic E-state index is 12.6. The van der Waals surface area contributed by atoms with Gasteiger partial charge >= 0.3 is 6.03 Å². The molecule has 2 N–H and O–H groups in total. The Morgan fingerprint density at radius 1 is 1.00 bits per heavy atom. The molecular weight excluding hydrogens is 354 g/mol. The van der Waals surface area contributed by atoms with Gasteiger partial charge in [-0.2, -0.15) is 0 Å². The van der Waals surface area contributed by atoms with Crippen LogP contribution < -0.4 is 15.4 Å². The van der Waals surface area contributed by atoms with Crippen LogP contribution in [0.3, 0.4) is 0 Å². The molecule has 1 heterocycles. The van der Waals surface area contributed by atoms with Crippen LogP contribution in [0.2, 0.25) is 0 Å². The number of benzene rings is 2. The Kier molecular flexibility index (Phi) is 6.53. The highest BCUT2D eigenvalue weighted by atomic mass is 16.5. The summed E-state index contributed by atoms with van der Waals surface area (Å²) in [7, 11) is 0. The van der Waals surface area contributed by atoms with E-state index in [4.69, 9.17) is 4.74 Å². The molecule has 0 aromatic heterocycles. The molecule has 0 unspecified atom stereocenters. The van der Waals surface area contributed by atoms with E-state index >= 15 is 0 Å². The summed E-state index contributed by atoms with van der Waals surface area (Å²) in [6.07, 6.45) is 1.53. The lowest BCUT2D eigenvalue weighted by Crippen LogP contribution is -2.48. The molecule has 2 aromatic rings. The predicted molar refractivity (Wildman–Crippen MR) is 110 cm³/mol. The van der Waals surface area contributed by atoms with Crippen molar-refractivity contribution >= 4 is 17.6 Å². The van der Waals surface area contributed by atoms with Gasteiger partial charge in [0.1, 0.15) is 11.5 Å². The molecule has 0 spiro atoms. The van der Waals surface area contributed by atoms with Gasteiger partial charge in [0, 0.05) is 36.8 Å². The summed E-state index contributed by atoms with van der Waals surface area (Å²) in [6.45, 7) is 5.01. The molecule has 1 fully saturated rings. The molecule has 6 heteroatoms. The zero-order chi connectivity index (χ0) is 19.9. The van der Waals surface area contributed by atoms with Gasteiger partial charge < -0.3 is 20.3 Å². The third-order valence-corrected chi connectivity index (χ3v) is 4.72. The number of hydrogen-bond donors (Lipinski definition) is 2. The summed E-state index contributed by atoms with van der Waals surface area (Å²) in [5, 5.41) is 5.98. The first-order valence-corrected chi connectivity index (χ1v) is 9.70. The molecular formula is C22H27N3O3. The van der Waals surface area contributed by atoms with Gasteiger partial charge in [-0.1, -0.05) is 38.1 Å². The summed E-state index contributed by atoms with van der Waals surface area (Å²) in [6, 6.07) is 16.9. The van der Waals surface area contributed by atoms with Crippen LogP contribution in [0.15, 0.2) is 54.6 Å². The second-order valence-electron chi connectivity index (χ2n) is 7.30. The van der Waals surface area contributed by atoms with Crippen LogP contribution in [0.1, 0.15) is 26.7 Å². The monoisotopic (exact) mass is 381 g/mol. The minimum absolute atomic E-state index is 0.0216. The lowest BCUT2D eigenvalue weighted by atomic mass is 10.0. The minimum atomic E-state index is -0.134. The smallest absolute Gasteiger partial charge is 0.321 e. The first-order chi connectivity index (χ1) is 13.5. The normalized spacial score (nSPS) is 14.6. The molecule has 6 nitrogen and oxygen atoms in total. The van der Waals surface area contributed by atoms with E-state index in [0.717, 1.165) is 18.6 Å². The maximum atomic E-state index is 12.6.